The smallest absolute Gasteiger partial charge is 0.355 e. The number of H-pyrrole nitrogens is 1. The van der Waals surface area contributed by atoms with Gasteiger partial charge >= 0.3 is 5.97 Å². The van der Waals surface area contributed by atoms with E-state index in [4.69, 9.17) is 4.74 Å². The summed E-state index contributed by atoms with van der Waals surface area (Å²) >= 11 is 0. The van der Waals surface area contributed by atoms with Crippen LogP contribution in [0.2, 0.25) is 0 Å². The van der Waals surface area contributed by atoms with E-state index in [0.29, 0.717) is 5.65 Å². The van der Waals surface area contributed by atoms with Gasteiger partial charge in [-0.05, 0) is 19.1 Å². The molecule has 20 heavy (non-hydrogen) atoms. The van der Waals surface area contributed by atoms with E-state index in [1.165, 1.54) is 11.5 Å². The maximum Gasteiger partial charge on any atom is 0.355 e. The fourth-order valence-electron chi connectivity index (χ4n) is 2.48. The first-order valence-electron chi connectivity index (χ1n) is 6.43. The van der Waals surface area contributed by atoms with Gasteiger partial charge in [-0.3, -0.25) is 9.36 Å². The van der Waals surface area contributed by atoms with E-state index < -0.39 is 5.97 Å². The highest BCUT2D eigenvalue weighted by Crippen LogP contribution is 2.28. The number of hydrogen-bond acceptors (Lipinski definition) is 3. The maximum absolute atomic E-state index is 12.0. The Kier molecular flexibility index (Phi) is 2.82. The second-order valence-corrected chi connectivity index (χ2v) is 4.54. The minimum absolute atomic E-state index is 0.227. The van der Waals surface area contributed by atoms with Crippen molar-refractivity contribution in [2.45, 2.75) is 13.8 Å². The quantitative estimate of drug-likeness (QED) is 0.728. The van der Waals surface area contributed by atoms with Crippen molar-refractivity contribution >= 4 is 33.8 Å². The van der Waals surface area contributed by atoms with Gasteiger partial charge in [0, 0.05) is 23.2 Å². The molecule has 5 nitrogen and oxygen atoms in total. The number of para-hydroxylation sites is 1. The Balaban J connectivity index is 2.33. The molecule has 2 heterocycles. The Morgan fingerprint density at radius 3 is 2.70 bits per heavy atom. The number of fused-ring (bicyclic) bond motifs is 3. The largest absolute Gasteiger partial charge is 0.461 e. The molecule has 0 bridgehead atoms. The minimum Gasteiger partial charge on any atom is -0.461 e. The van der Waals surface area contributed by atoms with E-state index in [0.717, 1.165) is 16.3 Å². The second kappa shape index (κ2) is 4.52. The zero-order chi connectivity index (χ0) is 14.3. The zero-order valence-corrected chi connectivity index (χ0v) is 11.3. The highest BCUT2D eigenvalue weighted by Gasteiger charge is 2.21. The number of rotatable bonds is 2. The maximum atomic E-state index is 12.0. The first kappa shape index (κ1) is 12.5. The summed E-state index contributed by atoms with van der Waals surface area (Å²) in [7, 11) is 0. The summed E-state index contributed by atoms with van der Waals surface area (Å²) in [4.78, 5) is 27.0. The molecule has 0 saturated heterocycles. The third-order valence-electron chi connectivity index (χ3n) is 3.27. The number of aromatic nitrogens is 2. The molecule has 0 radical (unpaired) electrons. The number of benzene rings is 1. The molecule has 2 aromatic heterocycles. The van der Waals surface area contributed by atoms with Gasteiger partial charge in [0.1, 0.15) is 11.3 Å². The molecule has 0 amide bonds. The van der Waals surface area contributed by atoms with Gasteiger partial charge in [-0.15, -0.1) is 0 Å². The number of aromatic amines is 1. The van der Waals surface area contributed by atoms with Gasteiger partial charge in [0.05, 0.1) is 6.61 Å². The van der Waals surface area contributed by atoms with Crippen LogP contribution in [-0.4, -0.2) is 28.0 Å². The predicted molar refractivity (Wildman–Crippen MR) is 76.1 cm³/mol. The molecule has 0 aliphatic heterocycles. The monoisotopic (exact) mass is 270 g/mol. The molecule has 5 heteroatoms. The average molecular weight is 270 g/mol. The lowest BCUT2D eigenvalue weighted by atomic mass is 10.2. The third-order valence-corrected chi connectivity index (χ3v) is 3.27. The summed E-state index contributed by atoms with van der Waals surface area (Å²) in [6.45, 7) is 3.43. The molecule has 3 aromatic rings. The highest BCUT2D eigenvalue weighted by molar-refractivity contribution is 6.12. The van der Waals surface area contributed by atoms with Crippen molar-refractivity contribution in [3.05, 3.63) is 36.0 Å². The summed E-state index contributed by atoms with van der Waals surface area (Å²) in [6, 6.07) is 9.43. The standard InChI is InChI=1S/C15H14N2O3/c1-3-20-15(19)13-8-11-10-6-4-5-7-12(10)16-14(11)17(13)9(2)18/h4-8,16H,3H2,1-2H3. The highest BCUT2D eigenvalue weighted by atomic mass is 16.5. The second-order valence-electron chi connectivity index (χ2n) is 4.54. The van der Waals surface area contributed by atoms with Crippen LogP contribution in [0.3, 0.4) is 0 Å². The molecule has 3 rings (SSSR count). The summed E-state index contributed by atoms with van der Waals surface area (Å²) in [6.07, 6.45) is 0. The van der Waals surface area contributed by atoms with E-state index >= 15 is 0 Å². The van der Waals surface area contributed by atoms with Crippen LogP contribution in [0.15, 0.2) is 30.3 Å². The molecular weight excluding hydrogens is 256 g/mol. The van der Waals surface area contributed by atoms with Gasteiger partial charge in [0.25, 0.3) is 0 Å². The number of nitrogens with one attached hydrogen (secondary N) is 1. The van der Waals surface area contributed by atoms with E-state index in [1.54, 1.807) is 13.0 Å². The van der Waals surface area contributed by atoms with Gasteiger partial charge in [0.2, 0.25) is 5.91 Å². The Labute approximate surface area is 115 Å². The molecule has 0 saturated carbocycles. The Hall–Kier alpha value is -2.56. The van der Waals surface area contributed by atoms with Gasteiger partial charge in [-0.2, -0.15) is 0 Å². The number of hydrogen-bond donors (Lipinski definition) is 1. The first-order chi connectivity index (χ1) is 9.63. The Morgan fingerprint density at radius 2 is 2.00 bits per heavy atom. The number of ether oxygens (including phenoxy) is 1. The summed E-state index contributed by atoms with van der Waals surface area (Å²) in [5.41, 5.74) is 1.82. The number of carbonyl (C=O) groups is 2. The summed E-state index contributed by atoms with van der Waals surface area (Å²) in [5.74, 6) is -0.717. The van der Waals surface area contributed by atoms with Crippen LogP contribution in [0.4, 0.5) is 0 Å². The Bertz CT molecular complexity index is 826. The number of carbonyl (C=O) groups excluding carboxylic acids is 2. The SMILES string of the molecule is CCOC(=O)c1cc2c3ccccc3[nH]c2n1C(C)=O. The summed E-state index contributed by atoms with van der Waals surface area (Å²) < 4.78 is 6.37. The van der Waals surface area contributed by atoms with Crippen molar-refractivity contribution in [1.82, 2.24) is 9.55 Å². The fraction of sp³-hybridized carbons (Fsp3) is 0.200. The van der Waals surface area contributed by atoms with Crippen LogP contribution < -0.4 is 0 Å². The molecule has 1 aromatic carbocycles. The van der Waals surface area contributed by atoms with E-state index in [-0.39, 0.29) is 18.2 Å². The third kappa shape index (κ3) is 1.71. The minimum atomic E-state index is -0.489. The lowest BCUT2D eigenvalue weighted by Crippen LogP contribution is -2.16. The molecule has 102 valence electrons. The zero-order valence-electron chi connectivity index (χ0n) is 11.3. The normalized spacial score (nSPS) is 11.1. The van der Waals surface area contributed by atoms with Crippen molar-refractivity contribution in [2.24, 2.45) is 0 Å². The van der Waals surface area contributed by atoms with E-state index in [2.05, 4.69) is 4.98 Å². The van der Waals surface area contributed by atoms with Crippen LogP contribution in [0.1, 0.15) is 29.1 Å². The predicted octanol–water partition coefficient (Wildman–Crippen LogP) is 2.96. The van der Waals surface area contributed by atoms with Gasteiger partial charge < -0.3 is 9.72 Å². The fourth-order valence-corrected chi connectivity index (χ4v) is 2.48. The van der Waals surface area contributed by atoms with Crippen LogP contribution in [0.5, 0.6) is 0 Å². The van der Waals surface area contributed by atoms with Crippen molar-refractivity contribution in [3.8, 4) is 0 Å². The molecule has 0 aliphatic carbocycles. The van der Waals surface area contributed by atoms with Crippen LogP contribution in [-0.2, 0) is 4.74 Å². The average Bonchev–Trinajstić information content (AvgIpc) is 2.94. The van der Waals surface area contributed by atoms with Crippen molar-refractivity contribution in [3.63, 3.8) is 0 Å². The molecule has 0 spiro atoms. The molecular formula is C15H14N2O3. The topological polar surface area (TPSA) is 64.1 Å². The van der Waals surface area contributed by atoms with Gasteiger partial charge in [-0.1, -0.05) is 18.2 Å². The lowest BCUT2D eigenvalue weighted by molar-refractivity contribution is 0.0510. The summed E-state index contributed by atoms with van der Waals surface area (Å²) in [5, 5.41) is 1.83. The van der Waals surface area contributed by atoms with Crippen LogP contribution in [0, 0.1) is 0 Å². The first-order valence-corrected chi connectivity index (χ1v) is 6.43. The lowest BCUT2D eigenvalue weighted by Gasteiger charge is -2.05. The van der Waals surface area contributed by atoms with Gasteiger partial charge in [0.15, 0.2) is 0 Å². The molecule has 1 N–H and O–H groups in total. The van der Waals surface area contributed by atoms with Gasteiger partial charge in [-0.25, -0.2) is 4.79 Å². The Morgan fingerprint density at radius 1 is 1.25 bits per heavy atom. The van der Waals surface area contributed by atoms with Crippen LogP contribution >= 0.6 is 0 Å². The van der Waals surface area contributed by atoms with Crippen molar-refractivity contribution < 1.29 is 14.3 Å². The van der Waals surface area contributed by atoms with Crippen LogP contribution in [0.25, 0.3) is 21.9 Å². The van der Waals surface area contributed by atoms with E-state index in [1.807, 2.05) is 24.3 Å². The number of nitrogens with zero attached hydrogens (tertiary/aromatic N) is 1. The molecule has 0 unspecified atom stereocenters. The molecule has 0 fully saturated rings. The number of esters is 1. The molecule has 0 aliphatic rings. The van der Waals surface area contributed by atoms with E-state index in [9.17, 15) is 9.59 Å². The van der Waals surface area contributed by atoms with Crippen molar-refractivity contribution in [2.75, 3.05) is 6.61 Å². The molecule has 0 atom stereocenters. The van der Waals surface area contributed by atoms with Crippen molar-refractivity contribution in [1.29, 1.82) is 0 Å².